The van der Waals surface area contributed by atoms with E-state index in [1.54, 1.807) is 6.20 Å². The van der Waals surface area contributed by atoms with Crippen LogP contribution in [0.2, 0.25) is 0 Å². The van der Waals surface area contributed by atoms with E-state index in [1.165, 1.54) is 13.3 Å². The molecule has 8 heteroatoms. The van der Waals surface area contributed by atoms with E-state index in [9.17, 15) is 9.59 Å². The van der Waals surface area contributed by atoms with Crippen LogP contribution in [0.3, 0.4) is 0 Å². The van der Waals surface area contributed by atoms with E-state index < -0.39 is 24.1 Å². The summed E-state index contributed by atoms with van der Waals surface area (Å²) in [5, 5.41) is 24.2. The van der Waals surface area contributed by atoms with Crippen LogP contribution in [0.1, 0.15) is 12.6 Å². The summed E-state index contributed by atoms with van der Waals surface area (Å²) in [6.07, 6.45) is 2.15. The first kappa shape index (κ1) is 15.1. The number of aromatic nitrogens is 2. The van der Waals surface area contributed by atoms with E-state index in [4.69, 9.17) is 21.1 Å². The molecule has 0 unspecified atom stereocenters. The van der Waals surface area contributed by atoms with Crippen molar-refractivity contribution in [2.45, 2.75) is 25.5 Å². The standard InChI is InChI=1S/C6H9N3O2.C3H6O3/c7-5(6(10)11)1-4-2-8-3-9-4;1-2(4)3(5)6/h2-3,5H,1,7H2,(H,8,9)(H,10,11);2,4H,1H3,(H,5,6)/t5-;2-/m00/s1. The maximum absolute atomic E-state index is 10.3. The molecule has 0 aliphatic rings. The SMILES string of the molecule is C[C@H](O)C(=O)O.N[C@@H](Cc1c[nH]cn1)C(=O)O. The highest BCUT2D eigenvalue weighted by atomic mass is 16.4. The first-order valence-corrected chi connectivity index (χ1v) is 4.71. The molecule has 8 nitrogen and oxygen atoms in total. The smallest absolute Gasteiger partial charge is 0.332 e. The normalized spacial score (nSPS) is 13.1. The lowest BCUT2D eigenvalue weighted by Crippen LogP contribution is -2.32. The second-order valence-electron chi connectivity index (χ2n) is 3.22. The number of aliphatic hydroxyl groups excluding tert-OH is 1. The number of hydrogen-bond acceptors (Lipinski definition) is 5. The molecular formula is C9H15N3O5. The van der Waals surface area contributed by atoms with Crippen molar-refractivity contribution >= 4 is 11.9 Å². The monoisotopic (exact) mass is 245 g/mol. The van der Waals surface area contributed by atoms with Crippen molar-refractivity contribution in [3.63, 3.8) is 0 Å². The second-order valence-corrected chi connectivity index (χ2v) is 3.22. The zero-order valence-electron chi connectivity index (χ0n) is 9.20. The highest BCUT2D eigenvalue weighted by Gasteiger charge is 2.12. The predicted octanol–water partition coefficient (Wildman–Crippen LogP) is -1.18. The summed E-state index contributed by atoms with van der Waals surface area (Å²) in [5.41, 5.74) is 5.92. The Balaban J connectivity index is 0.000000366. The van der Waals surface area contributed by atoms with Crippen LogP contribution in [-0.4, -0.2) is 49.4 Å². The van der Waals surface area contributed by atoms with Crippen molar-refractivity contribution in [1.29, 1.82) is 0 Å². The quantitative estimate of drug-likeness (QED) is 0.447. The zero-order valence-corrected chi connectivity index (χ0v) is 9.20. The lowest BCUT2D eigenvalue weighted by Gasteiger charge is -2.01. The van der Waals surface area contributed by atoms with E-state index in [1.807, 2.05) is 0 Å². The Morgan fingerprint density at radius 3 is 2.29 bits per heavy atom. The van der Waals surface area contributed by atoms with Gasteiger partial charge < -0.3 is 26.0 Å². The molecule has 1 aromatic heterocycles. The second kappa shape index (κ2) is 7.36. The molecule has 1 heterocycles. The van der Waals surface area contributed by atoms with Gasteiger partial charge in [0.25, 0.3) is 0 Å². The van der Waals surface area contributed by atoms with Gasteiger partial charge in [-0.15, -0.1) is 0 Å². The van der Waals surface area contributed by atoms with Gasteiger partial charge in [0.1, 0.15) is 12.1 Å². The highest BCUT2D eigenvalue weighted by molar-refractivity contribution is 5.73. The van der Waals surface area contributed by atoms with Crippen LogP contribution in [0.15, 0.2) is 12.5 Å². The molecule has 0 aromatic carbocycles. The number of nitrogens with one attached hydrogen (secondary N) is 1. The lowest BCUT2D eigenvalue weighted by atomic mass is 10.2. The van der Waals surface area contributed by atoms with Gasteiger partial charge in [0.15, 0.2) is 0 Å². The Kier molecular flexibility index (Phi) is 6.53. The van der Waals surface area contributed by atoms with Gasteiger partial charge in [0.05, 0.1) is 12.0 Å². The molecule has 0 fully saturated rings. The number of carbonyl (C=O) groups is 2. The summed E-state index contributed by atoms with van der Waals surface area (Å²) in [6, 6.07) is -0.863. The lowest BCUT2D eigenvalue weighted by molar-refractivity contribution is -0.145. The average Bonchev–Trinajstić information content (AvgIpc) is 2.71. The third kappa shape index (κ3) is 7.03. The van der Waals surface area contributed by atoms with Crippen LogP contribution in [0.5, 0.6) is 0 Å². The van der Waals surface area contributed by atoms with Crippen molar-refractivity contribution in [3.05, 3.63) is 18.2 Å². The van der Waals surface area contributed by atoms with Crippen molar-refractivity contribution in [1.82, 2.24) is 9.97 Å². The van der Waals surface area contributed by atoms with Crippen LogP contribution < -0.4 is 5.73 Å². The van der Waals surface area contributed by atoms with Gasteiger partial charge in [-0.1, -0.05) is 0 Å². The molecule has 2 atom stereocenters. The van der Waals surface area contributed by atoms with Crippen molar-refractivity contribution in [2.24, 2.45) is 5.73 Å². The van der Waals surface area contributed by atoms with E-state index in [-0.39, 0.29) is 6.42 Å². The number of imidazole rings is 1. The molecule has 0 aliphatic carbocycles. The number of aromatic amines is 1. The van der Waals surface area contributed by atoms with E-state index >= 15 is 0 Å². The van der Waals surface area contributed by atoms with Crippen LogP contribution >= 0.6 is 0 Å². The Bertz CT molecular complexity index is 350. The molecule has 96 valence electrons. The minimum Gasteiger partial charge on any atom is -0.480 e. The molecule has 0 aliphatic heterocycles. The minimum atomic E-state index is -1.23. The summed E-state index contributed by atoms with van der Waals surface area (Å²) in [7, 11) is 0. The number of aliphatic carboxylic acids is 2. The fraction of sp³-hybridized carbons (Fsp3) is 0.444. The fourth-order valence-corrected chi connectivity index (χ4v) is 0.715. The molecule has 6 N–H and O–H groups in total. The summed E-state index contributed by atoms with van der Waals surface area (Å²) in [5.74, 6) is -2.19. The number of nitrogens with two attached hydrogens (primary N) is 1. The Morgan fingerprint density at radius 2 is 2.00 bits per heavy atom. The molecule has 0 radical (unpaired) electrons. The predicted molar refractivity (Wildman–Crippen MR) is 57.2 cm³/mol. The maximum atomic E-state index is 10.3. The van der Waals surface area contributed by atoms with Crippen LogP contribution in [0, 0.1) is 0 Å². The van der Waals surface area contributed by atoms with Gasteiger partial charge >= 0.3 is 11.9 Å². The van der Waals surface area contributed by atoms with Crippen molar-refractivity contribution in [3.8, 4) is 0 Å². The first-order chi connectivity index (χ1) is 7.84. The largest absolute Gasteiger partial charge is 0.480 e. The molecule has 0 bridgehead atoms. The van der Waals surface area contributed by atoms with Gasteiger partial charge in [-0.3, -0.25) is 4.79 Å². The van der Waals surface area contributed by atoms with Gasteiger partial charge in [-0.05, 0) is 6.92 Å². The third-order valence-electron chi connectivity index (χ3n) is 1.66. The molecular weight excluding hydrogens is 230 g/mol. The maximum Gasteiger partial charge on any atom is 0.332 e. The van der Waals surface area contributed by atoms with Crippen LogP contribution in [0.4, 0.5) is 0 Å². The summed E-state index contributed by atoms with van der Waals surface area (Å²) >= 11 is 0. The van der Waals surface area contributed by atoms with E-state index in [0.29, 0.717) is 5.69 Å². The third-order valence-corrected chi connectivity index (χ3v) is 1.66. The van der Waals surface area contributed by atoms with Crippen LogP contribution in [0.25, 0.3) is 0 Å². The van der Waals surface area contributed by atoms with E-state index in [2.05, 4.69) is 9.97 Å². The molecule has 0 saturated heterocycles. The van der Waals surface area contributed by atoms with Crippen LogP contribution in [-0.2, 0) is 16.0 Å². The molecule has 17 heavy (non-hydrogen) atoms. The van der Waals surface area contributed by atoms with Gasteiger partial charge in [0.2, 0.25) is 0 Å². The Morgan fingerprint density at radius 1 is 1.47 bits per heavy atom. The Labute approximate surface area is 97.1 Å². The number of hydrogen-bond donors (Lipinski definition) is 5. The first-order valence-electron chi connectivity index (χ1n) is 4.71. The topological polar surface area (TPSA) is 150 Å². The number of carboxylic acid groups (broad SMARTS) is 2. The summed E-state index contributed by atoms with van der Waals surface area (Å²) in [6.45, 7) is 1.20. The zero-order chi connectivity index (χ0) is 13.4. The molecule has 1 rings (SSSR count). The number of carboxylic acids is 2. The molecule has 1 aromatic rings. The molecule has 0 spiro atoms. The molecule has 0 saturated carbocycles. The van der Waals surface area contributed by atoms with E-state index in [0.717, 1.165) is 0 Å². The average molecular weight is 245 g/mol. The van der Waals surface area contributed by atoms with Crippen molar-refractivity contribution < 1.29 is 24.9 Å². The number of rotatable bonds is 4. The minimum absolute atomic E-state index is 0.263. The van der Waals surface area contributed by atoms with Gasteiger partial charge in [0, 0.05) is 12.6 Å². The fourth-order valence-electron chi connectivity index (χ4n) is 0.715. The number of aliphatic hydroxyl groups is 1. The summed E-state index contributed by atoms with van der Waals surface area (Å²) in [4.78, 5) is 26.3. The summed E-state index contributed by atoms with van der Waals surface area (Å²) < 4.78 is 0. The number of nitrogens with zero attached hydrogens (tertiary/aromatic N) is 1. The van der Waals surface area contributed by atoms with Gasteiger partial charge in [-0.25, -0.2) is 9.78 Å². The highest BCUT2D eigenvalue weighted by Crippen LogP contribution is 1.95. The molecule has 0 amide bonds. The van der Waals surface area contributed by atoms with Crippen molar-refractivity contribution in [2.75, 3.05) is 0 Å². The van der Waals surface area contributed by atoms with Gasteiger partial charge in [-0.2, -0.15) is 0 Å². The Hall–Kier alpha value is -1.93. The number of H-pyrrole nitrogens is 1.